The zero-order chi connectivity index (χ0) is 11.1. The summed E-state index contributed by atoms with van der Waals surface area (Å²) in [7, 11) is 2.04. The van der Waals surface area contributed by atoms with Crippen molar-refractivity contribution in [1.29, 1.82) is 0 Å². The molecule has 0 radical (unpaired) electrons. The lowest BCUT2D eigenvalue weighted by Gasteiger charge is -2.01. The van der Waals surface area contributed by atoms with Crippen LogP contribution in [0.4, 0.5) is 5.95 Å². The standard InChI is InChI=1S/C12H12N4/c1-16-6-5-9-8(3-2-4-11(9)16)10-7-14-12(13)15-10/h2-7H,1H3,(H3,13,14,15). The Kier molecular flexibility index (Phi) is 1.77. The van der Waals surface area contributed by atoms with Crippen LogP contribution in [0, 0.1) is 0 Å². The van der Waals surface area contributed by atoms with Gasteiger partial charge in [0.15, 0.2) is 5.95 Å². The third-order valence-corrected chi connectivity index (χ3v) is 2.81. The summed E-state index contributed by atoms with van der Waals surface area (Å²) in [6.07, 6.45) is 3.81. The molecule has 0 unspecified atom stereocenters. The minimum Gasteiger partial charge on any atom is -0.369 e. The number of aromatic nitrogens is 3. The first-order valence-corrected chi connectivity index (χ1v) is 5.10. The number of nitrogens with one attached hydrogen (secondary N) is 1. The number of H-pyrrole nitrogens is 1. The zero-order valence-corrected chi connectivity index (χ0v) is 8.94. The highest BCUT2D eigenvalue weighted by atomic mass is 15.0. The van der Waals surface area contributed by atoms with Crippen molar-refractivity contribution in [2.75, 3.05) is 5.73 Å². The van der Waals surface area contributed by atoms with E-state index in [4.69, 9.17) is 5.73 Å². The maximum atomic E-state index is 5.59. The summed E-state index contributed by atoms with van der Waals surface area (Å²) in [6, 6.07) is 8.30. The molecule has 0 aliphatic carbocycles. The van der Waals surface area contributed by atoms with Crippen LogP contribution in [-0.4, -0.2) is 14.5 Å². The molecule has 4 heteroatoms. The number of aromatic amines is 1. The second-order valence-electron chi connectivity index (χ2n) is 3.85. The molecule has 0 bridgehead atoms. The first-order chi connectivity index (χ1) is 7.75. The van der Waals surface area contributed by atoms with E-state index in [1.54, 1.807) is 6.20 Å². The minimum absolute atomic E-state index is 0.447. The van der Waals surface area contributed by atoms with Crippen molar-refractivity contribution in [3.63, 3.8) is 0 Å². The lowest BCUT2D eigenvalue weighted by molar-refractivity contribution is 0.969. The Morgan fingerprint density at radius 3 is 2.94 bits per heavy atom. The van der Waals surface area contributed by atoms with Crippen LogP contribution in [0.25, 0.3) is 22.2 Å². The number of hydrogen-bond donors (Lipinski definition) is 2. The highest BCUT2D eigenvalue weighted by Crippen LogP contribution is 2.27. The minimum atomic E-state index is 0.447. The summed E-state index contributed by atoms with van der Waals surface area (Å²) in [4.78, 5) is 7.07. The molecule has 0 fully saturated rings. The summed E-state index contributed by atoms with van der Waals surface area (Å²) in [5.74, 6) is 0.447. The summed E-state index contributed by atoms with van der Waals surface area (Å²) >= 11 is 0. The number of hydrogen-bond acceptors (Lipinski definition) is 2. The van der Waals surface area contributed by atoms with Gasteiger partial charge in [0.25, 0.3) is 0 Å². The smallest absolute Gasteiger partial charge is 0.197 e. The maximum Gasteiger partial charge on any atom is 0.197 e. The molecule has 80 valence electrons. The molecule has 0 atom stereocenters. The van der Waals surface area contributed by atoms with E-state index in [1.165, 1.54) is 10.9 Å². The van der Waals surface area contributed by atoms with Crippen molar-refractivity contribution in [2.24, 2.45) is 7.05 Å². The van der Waals surface area contributed by atoms with Crippen LogP contribution in [0.3, 0.4) is 0 Å². The number of aryl methyl sites for hydroxylation is 1. The van der Waals surface area contributed by atoms with E-state index in [2.05, 4.69) is 32.7 Å². The maximum absolute atomic E-state index is 5.59. The average molecular weight is 212 g/mol. The van der Waals surface area contributed by atoms with E-state index in [-0.39, 0.29) is 0 Å². The number of benzene rings is 1. The third-order valence-electron chi connectivity index (χ3n) is 2.81. The molecule has 0 aliphatic rings. The van der Waals surface area contributed by atoms with Gasteiger partial charge >= 0.3 is 0 Å². The van der Waals surface area contributed by atoms with Gasteiger partial charge in [-0.05, 0) is 12.1 Å². The fourth-order valence-electron chi connectivity index (χ4n) is 2.01. The number of imidazole rings is 1. The number of rotatable bonds is 1. The van der Waals surface area contributed by atoms with E-state index in [9.17, 15) is 0 Å². The van der Waals surface area contributed by atoms with Gasteiger partial charge in [-0.25, -0.2) is 4.98 Å². The van der Waals surface area contributed by atoms with Crippen molar-refractivity contribution in [1.82, 2.24) is 14.5 Å². The molecule has 16 heavy (non-hydrogen) atoms. The average Bonchev–Trinajstić information content (AvgIpc) is 2.86. The van der Waals surface area contributed by atoms with Crippen molar-refractivity contribution < 1.29 is 0 Å². The number of fused-ring (bicyclic) bond motifs is 1. The molecule has 3 aromatic rings. The fraction of sp³-hybridized carbons (Fsp3) is 0.0833. The third kappa shape index (κ3) is 1.20. The number of nitrogens with zero attached hydrogens (tertiary/aromatic N) is 2. The lowest BCUT2D eigenvalue weighted by atomic mass is 10.1. The van der Waals surface area contributed by atoms with Gasteiger partial charge in [0.05, 0.1) is 11.9 Å². The Hall–Kier alpha value is -2.23. The number of nitrogens with two attached hydrogens (primary N) is 1. The largest absolute Gasteiger partial charge is 0.369 e. The van der Waals surface area contributed by atoms with E-state index in [1.807, 2.05) is 19.3 Å². The van der Waals surface area contributed by atoms with Crippen LogP contribution in [0.15, 0.2) is 36.7 Å². The van der Waals surface area contributed by atoms with Crippen LogP contribution in [0.5, 0.6) is 0 Å². The molecule has 0 saturated heterocycles. The Balaban J connectivity index is 2.31. The van der Waals surface area contributed by atoms with Crippen LogP contribution in [-0.2, 0) is 7.05 Å². The first kappa shape index (κ1) is 9.03. The SMILES string of the molecule is Cn1ccc2c(-c3cnc(N)[nH]3)cccc21. The molecule has 2 heterocycles. The molecular formula is C12H12N4. The Labute approximate surface area is 92.7 Å². The number of nitrogen functional groups attached to an aromatic ring is 1. The van der Waals surface area contributed by atoms with E-state index in [0.29, 0.717) is 5.95 Å². The Morgan fingerprint density at radius 2 is 2.19 bits per heavy atom. The van der Waals surface area contributed by atoms with Crippen LogP contribution in [0.1, 0.15) is 0 Å². The predicted octanol–water partition coefficient (Wildman–Crippen LogP) is 2.15. The van der Waals surface area contributed by atoms with E-state index >= 15 is 0 Å². The van der Waals surface area contributed by atoms with Gasteiger partial charge in [-0.3, -0.25) is 0 Å². The summed E-state index contributed by atoms with van der Waals surface area (Å²) in [5, 5.41) is 1.20. The van der Waals surface area contributed by atoms with Crippen molar-refractivity contribution >= 4 is 16.9 Å². The molecule has 0 aliphatic heterocycles. The van der Waals surface area contributed by atoms with Gasteiger partial charge in [0, 0.05) is 29.7 Å². The monoisotopic (exact) mass is 212 g/mol. The second kappa shape index (κ2) is 3.13. The molecule has 4 nitrogen and oxygen atoms in total. The zero-order valence-electron chi connectivity index (χ0n) is 8.94. The molecule has 1 aromatic carbocycles. The van der Waals surface area contributed by atoms with Crippen molar-refractivity contribution in [2.45, 2.75) is 0 Å². The molecular weight excluding hydrogens is 200 g/mol. The summed E-state index contributed by atoms with van der Waals surface area (Å²) in [6.45, 7) is 0. The fourth-order valence-corrected chi connectivity index (χ4v) is 2.01. The quantitative estimate of drug-likeness (QED) is 0.649. The van der Waals surface area contributed by atoms with E-state index < -0.39 is 0 Å². The topological polar surface area (TPSA) is 59.6 Å². The normalized spacial score (nSPS) is 11.1. The van der Waals surface area contributed by atoms with Crippen molar-refractivity contribution in [3.8, 4) is 11.3 Å². The molecule has 0 spiro atoms. The molecule has 0 amide bonds. The first-order valence-electron chi connectivity index (χ1n) is 5.10. The van der Waals surface area contributed by atoms with Crippen LogP contribution in [0.2, 0.25) is 0 Å². The lowest BCUT2D eigenvalue weighted by Crippen LogP contribution is -1.86. The Bertz CT molecular complexity index is 648. The molecule has 3 N–H and O–H groups in total. The van der Waals surface area contributed by atoms with Gasteiger partial charge in [0.1, 0.15) is 0 Å². The second-order valence-corrected chi connectivity index (χ2v) is 3.85. The molecule has 3 rings (SSSR count). The van der Waals surface area contributed by atoms with Crippen LogP contribution >= 0.6 is 0 Å². The molecule has 0 saturated carbocycles. The summed E-state index contributed by atoms with van der Waals surface area (Å²) in [5.41, 5.74) is 8.87. The highest BCUT2D eigenvalue weighted by Gasteiger charge is 2.07. The number of anilines is 1. The summed E-state index contributed by atoms with van der Waals surface area (Å²) < 4.78 is 2.10. The predicted molar refractivity (Wildman–Crippen MR) is 64.9 cm³/mol. The molecule has 2 aromatic heterocycles. The van der Waals surface area contributed by atoms with Gasteiger partial charge in [0.2, 0.25) is 0 Å². The van der Waals surface area contributed by atoms with Gasteiger partial charge in [-0.15, -0.1) is 0 Å². The van der Waals surface area contributed by atoms with Gasteiger partial charge in [-0.1, -0.05) is 12.1 Å². The Morgan fingerprint density at radius 1 is 1.31 bits per heavy atom. The van der Waals surface area contributed by atoms with Gasteiger partial charge < -0.3 is 15.3 Å². The van der Waals surface area contributed by atoms with Gasteiger partial charge in [-0.2, -0.15) is 0 Å². The van der Waals surface area contributed by atoms with Crippen molar-refractivity contribution in [3.05, 3.63) is 36.7 Å². The van der Waals surface area contributed by atoms with E-state index in [0.717, 1.165) is 11.3 Å². The van der Waals surface area contributed by atoms with Crippen LogP contribution < -0.4 is 5.73 Å². The highest BCUT2D eigenvalue weighted by molar-refractivity contribution is 5.94.